The molecule has 1 aliphatic rings. The molecule has 7 nitrogen and oxygen atoms in total. The van der Waals surface area contributed by atoms with Gasteiger partial charge < -0.3 is 14.2 Å². The van der Waals surface area contributed by atoms with Crippen LogP contribution in [0.15, 0.2) is 67.3 Å². The third-order valence-corrected chi connectivity index (χ3v) is 7.15. The Balaban J connectivity index is 1.20. The van der Waals surface area contributed by atoms with Crippen LogP contribution < -0.4 is 4.74 Å². The third-order valence-electron chi connectivity index (χ3n) is 6.03. The normalized spacial score (nSPS) is 14.4. The van der Waals surface area contributed by atoms with E-state index in [1.165, 1.54) is 0 Å². The molecule has 33 heavy (non-hydrogen) atoms. The Hall–Kier alpha value is -3.52. The number of hydrogen-bond acceptors (Lipinski definition) is 6. The van der Waals surface area contributed by atoms with Crippen molar-refractivity contribution in [3.63, 3.8) is 0 Å². The van der Waals surface area contributed by atoms with Gasteiger partial charge in [-0.25, -0.2) is 4.98 Å². The monoisotopic (exact) mass is 459 g/mol. The number of carbonyl (C=O) groups is 1. The summed E-state index contributed by atoms with van der Waals surface area (Å²) in [6.07, 6.45) is 7.28. The van der Waals surface area contributed by atoms with Gasteiger partial charge in [-0.15, -0.1) is 10.2 Å². The molecule has 0 unspecified atom stereocenters. The van der Waals surface area contributed by atoms with E-state index >= 15 is 0 Å². The van der Waals surface area contributed by atoms with Gasteiger partial charge in [-0.2, -0.15) is 0 Å². The Kier molecular flexibility index (Phi) is 6.17. The summed E-state index contributed by atoms with van der Waals surface area (Å²) in [5.74, 6) is 1.22. The van der Waals surface area contributed by atoms with Gasteiger partial charge in [0, 0.05) is 43.5 Å². The molecule has 0 N–H and O–H groups in total. The van der Waals surface area contributed by atoms with Crippen molar-refractivity contribution in [3.8, 4) is 16.3 Å². The highest BCUT2D eigenvalue weighted by molar-refractivity contribution is 7.14. The highest BCUT2D eigenvalue weighted by Gasteiger charge is 2.27. The number of aromatic nitrogens is 4. The number of amides is 1. The van der Waals surface area contributed by atoms with Crippen LogP contribution in [0.2, 0.25) is 0 Å². The number of benzene rings is 2. The molecule has 8 heteroatoms. The number of para-hydroxylation sites is 1. The predicted molar refractivity (Wildman–Crippen MR) is 128 cm³/mol. The number of rotatable bonds is 6. The topological polar surface area (TPSA) is 73.1 Å². The minimum absolute atomic E-state index is 0.0922. The molecule has 3 heterocycles. The fraction of sp³-hybridized carbons (Fsp3) is 0.280. The van der Waals surface area contributed by atoms with E-state index in [1.54, 1.807) is 31.0 Å². The zero-order valence-electron chi connectivity index (χ0n) is 18.4. The first-order valence-corrected chi connectivity index (χ1v) is 11.8. The molecule has 168 valence electrons. The lowest BCUT2D eigenvalue weighted by Crippen LogP contribution is -2.37. The summed E-state index contributed by atoms with van der Waals surface area (Å²) in [5, 5.41) is 10.8. The fourth-order valence-corrected chi connectivity index (χ4v) is 5.23. The van der Waals surface area contributed by atoms with Gasteiger partial charge in [0.15, 0.2) is 5.01 Å². The van der Waals surface area contributed by atoms with E-state index in [4.69, 9.17) is 4.74 Å². The largest absolute Gasteiger partial charge is 0.496 e. The van der Waals surface area contributed by atoms with Crippen LogP contribution in [-0.2, 0) is 6.54 Å². The van der Waals surface area contributed by atoms with Crippen LogP contribution in [0.1, 0.15) is 39.7 Å². The molecule has 1 fully saturated rings. The second-order valence-electron chi connectivity index (χ2n) is 8.14. The Morgan fingerprint density at radius 3 is 2.61 bits per heavy atom. The first-order valence-electron chi connectivity index (χ1n) is 11.0. The highest BCUT2D eigenvalue weighted by atomic mass is 32.1. The molecule has 4 aromatic rings. The minimum atomic E-state index is 0.0922. The minimum Gasteiger partial charge on any atom is -0.496 e. The molecule has 1 saturated heterocycles. The maximum absolute atomic E-state index is 13.0. The van der Waals surface area contributed by atoms with Gasteiger partial charge in [-0.05, 0) is 42.7 Å². The van der Waals surface area contributed by atoms with Crippen LogP contribution >= 0.6 is 11.3 Å². The number of carbonyl (C=O) groups excluding carboxylic acids is 1. The smallest absolute Gasteiger partial charge is 0.253 e. The van der Waals surface area contributed by atoms with Gasteiger partial charge in [0.05, 0.1) is 19.0 Å². The molecule has 2 aromatic carbocycles. The SMILES string of the molecule is COc1ccccc1-c1nnc(C2CCN(C(=O)c3ccc(Cn4ccnc4)cc3)CC2)s1. The molecule has 2 aromatic heterocycles. The van der Waals surface area contributed by atoms with E-state index < -0.39 is 0 Å². The van der Waals surface area contributed by atoms with Crippen molar-refractivity contribution in [2.75, 3.05) is 20.2 Å². The van der Waals surface area contributed by atoms with E-state index in [0.29, 0.717) is 5.92 Å². The first kappa shape index (κ1) is 21.3. The molecule has 1 aliphatic heterocycles. The first-order chi connectivity index (χ1) is 16.2. The van der Waals surface area contributed by atoms with Crippen LogP contribution in [0.5, 0.6) is 5.75 Å². The molecular weight excluding hydrogens is 434 g/mol. The van der Waals surface area contributed by atoms with E-state index in [1.807, 2.05) is 64.2 Å². The summed E-state index contributed by atoms with van der Waals surface area (Å²) in [6, 6.07) is 15.7. The van der Waals surface area contributed by atoms with E-state index in [2.05, 4.69) is 15.2 Å². The fourth-order valence-electron chi connectivity index (χ4n) is 4.19. The molecule has 0 bridgehead atoms. The number of imidazole rings is 1. The quantitative estimate of drug-likeness (QED) is 0.425. The molecule has 1 amide bonds. The number of hydrogen-bond donors (Lipinski definition) is 0. The van der Waals surface area contributed by atoms with Gasteiger partial charge in [0.2, 0.25) is 0 Å². The standard InChI is InChI=1S/C25H25N5O2S/c1-32-22-5-3-2-4-21(22)24-28-27-23(33-24)19-10-13-30(14-11-19)25(31)20-8-6-18(7-9-20)16-29-15-12-26-17-29/h2-9,12,15,17,19H,10-11,13-14,16H2,1H3. The Bertz CT molecular complexity index is 1210. The maximum atomic E-state index is 13.0. The van der Waals surface area contributed by atoms with Gasteiger partial charge in [-0.3, -0.25) is 4.79 Å². The average Bonchev–Trinajstić information content (AvgIpc) is 3.57. The second kappa shape index (κ2) is 9.54. The van der Waals surface area contributed by atoms with Crippen molar-refractivity contribution in [1.29, 1.82) is 0 Å². The van der Waals surface area contributed by atoms with Crippen LogP contribution in [0.3, 0.4) is 0 Å². The Morgan fingerprint density at radius 2 is 1.88 bits per heavy atom. The zero-order valence-corrected chi connectivity index (χ0v) is 19.2. The highest BCUT2D eigenvalue weighted by Crippen LogP contribution is 2.36. The van der Waals surface area contributed by atoms with Gasteiger partial charge in [0.1, 0.15) is 10.8 Å². The lowest BCUT2D eigenvalue weighted by atomic mass is 9.97. The molecule has 0 spiro atoms. The van der Waals surface area contributed by atoms with Gasteiger partial charge in [0.25, 0.3) is 5.91 Å². The van der Waals surface area contributed by atoms with Crippen LogP contribution in [-0.4, -0.2) is 50.8 Å². The summed E-state index contributed by atoms with van der Waals surface area (Å²) in [5.41, 5.74) is 2.84. The number of ether oxygens (including phenoxy) is 1. The van der Waals surface area contributed by atoms with Crippen molar-refractivity contribution >= 4 is 17.2 Å². The average molecular weight is 460 g/mol. The molecular formula is C25H25N5O2S. The molecule has 0 atom stereocenters. The summed E-state index contributed by atoms with van der Waals surface area (Å²) >= 11 is 1.62. The van der Waals surface area contributed by atoms with Crippen molar-refractivity contribution < 1.29 is 9.53 Å². The number of methoxy groups -OCH3 is 1. The van der Waals surface area contributed by atoms with Crippen LogP contribution in [0.4, 0.5) is 0 Å². The predicted octanol–water partition coefficient (Wildman–Crippen LogP) is 4.48. The third kappa shape index (κ3) is 4.66. The van der Waals surface area contributed by atoms with Crippen LogP contribution in [0.25, 0.3) is 10.6 Å². The van der Waals surface area contributed by atoms with Crippen molar-refractivity contribution in [1.82, 2.24) is 24.6 Å². The Morgan fingerprint density at radius 1 is 1.09 bits per heavy atom. The summed E-state index contributed by atoms with van der Waals surface area (Å²) in [4.78, 5) is 19.0. The zero-order chi connectivity index (χ0) is 22.6. The lowest BCUT2D eigenvalue weighted by Gasteiger charge is -2.31. The molecule has 0 saturated carbocycles. The number of likely N-dealkylation sites (tertiary alicyclic amines) is 1. The molecule has 5 rings (SSSR count). The summed E-state index contributed by atoms with van der Waals surface area (Å²) in [6.45, 7) is 2.20. The second-order valence-corrected chi connectivity index (χ2v) is 9.15. The van der Waals surface area contributed by atoms with Crippen molar-refractivity contribution in [2.24, 2.45) is 0 Å². The van der Waals surface area contributed by atoms with Crippen molar-refractivity contribution in [2.45, 2.75) is 25.3 Å². The maximum Gasteiger partial charge on any atom is 0.253 e. The van der Waals surface area contributed by atoms with E-state index in [0.717, 1.165) is 64.9 Å². The van der Waals surface area contributed by atoms with E-state index in [9.17, 15) is 4.79 Å². The van der Waals surface area contributed by atoms with Gasteiger partial charge >= 0.3 is 0 Å². The lowest BCUT2D eigenvalue weighted by molar-refractivity contribution is 0.0713. The van der Waals surface area contributed by atoms with Crippen molar-refractivity contribution in [3.05, 3.63) is 83.4 Å². The van der Waals surface area contributed by atoms with Crippen LogP contribution in [0, 0.1) is 0 Å². The Labute approximate surface area is 196 Å². The number of nitrogens with zero attached hydrogens (tertiary/aromatic N) is 5. The number of piperidine rings is 1. The summed E-state index contributed by atoms with van der Waals surface area (Å²) in [7, 11) is 1.67. The summed E-state index contributed by atoms with van der Waals surface area (Å²) < 4.78 is 7.47. The molecule has 0 radical (unpaired) electrons. The van der Waals surface area contributed by atoms with Gasteiger partial charge in [-0.1, -0.05) is 35.6 Å². The molecule has 0 aliphatic carbocycles. The van der Waals surface area contributed by atoms with E-state index in [-0.39, 0.29) is 5.91 Å².